The molecular weight excluding hydrogens is 241 g/mol. The third-order valence-corrected chi connectivity index (χ3v) is 1.84. The fraction of sp³-hybridized carbons (Fsp3) is 1.00. The summed E-state index contributed by atoms with van der Waals surface area (Å²) in [5.74, 6) is 0. The summed E-state index contributed by atoms with van der Waals surface area (Å²) in [7, 11) is 0. The monoisotopic (exact) mass is 240 g/mol. The van der Waals surface area contributed by atoms with Crippen LogP contribution in [0.2, 0.25) is 0 Å². The molecular formula is C2HBr2F3. The smallest absolute Gasteiger partial charge is 0.227 e. The quantitative estimate of drug-likeness (QED) is 0.620. The van der Waals surface area contributed by atoms with E-state index in [4.69, 9.17) is 0 Å². The van der Waals surface area contributed by atoms with Crippen LogP contribution in [-0.2, 0) is 0 Å². The summed E-state index contributed by atoms with van der Waals surface area (Å²) in [6.07, 6.45) is 0. The van der Waals surface area contributed by atoms with Crippen LogP contribution in [0.4, 0.5) is 13.2 Å². The molecule has 0 amide bonds. The largest absolute Gasteiger partial charge is 0.341 e. The van der Waals surface area contributed by atoms with E-state index in [1.54, 1.807) is 15.9 Å². The maximum Gasteiger partial charge on any atom is 0.341 e. The van der Waals surface area contributed by atoms with Gasteiger partial charge in [0.05, 0.1) is 0 Å². The first-order valence-corrected chi connectivity index (χ1v) is 3.00. The first-order valence-electron chi connectivity index (χ1n) is 1.29. The predicted octanol–water partition coefficient (Wildman–Crippen LogP) is 2.66. The van der Waals surface area contributed by atoms with Gasteiger partial charge in [0.25, 0.3) is 0 Å². The predicted molar refractivity (Wildman–Crippen MR) is 27.7 cm³/mol. The molecule has 0 rings (SSSR count). The van der Waals surface area contributed by atoms with Crippen molar-refractivity contribution in [2.45, 2.75) is 9.91 Å². The van der Waals surface area contributed by atoms with E-state index in [0.29, 0.717) is 0 Å². The van der Waals surface area contributed by atoms with Crippen molar-refractivity contribution in [2.75, 3.05) is 0 Å². The second kappa shape index (κ2) is 2.35. The Morgan fingerprint density at radius 1 is 1.43 bits per heavy atom. The molecule has 0 radical (unpaired) electrons. The van der Waals surface area contributed by atoms with E-state index in [1.165, 1.54) is 0 Å². The Labute approximate surface area is 55.3 Å². The Hall–Kier alpha value is 0.750. The van der Waals surface area contributed by atoms with Gasteiger partial charge in [-0.2, -0.15) is 8.78 Å². The van der Waals surface area contributed by atoms with E-state index in [1.807, 2.05) is 15.9 Å². The molecule has 7 heavy (non-hydrogen) atoms. The lowest BCUT2D eigenvalue weighted by atomic mass is 10.8. The molecule has 0 aliphatic heterocycles. The summed E-state index contributed by atoms with van der Waals surface area (Å²) in [6, 6.07) is 0. The van der Waals surface area contributed by atoms with Crippen LogP contribution < -0.4 is 0 Å². The maximum atomic E-state index is 11.3. The molecule has 0 spiro atoms. The number of rotatable bonds is 1. The minimum absolute atomic E-state index is 1.79. The van der Waals surface area contributed by atoms with Crippen molar-refractivity contribution in [3.05, 3.63) is 0 Å². The van der Waals surface area contributed by atoms with Crippen LogP contribution in [0.3, 0.4) is 0 Å². The molecule has 1 atom stereocenters. The Morgan fingerprint density at radius 3 is 1.57 bits per heavy atom. The molecule has 0 aliphatic rings. The first kappa shape index (κ1) is 7.75. The molecule has 0 aromatic rings. The van der Waals surface area contributed by atoms with Crippen molar-refractivity contribution in [3.63, 3.8) is 0 Å². The Bertz CT molecular complexity index is 56.4. The van der Waals surface area contributed by atoms with Gasteiger partial charge in [0.1, 0.15) is 0 Å². The third-order valence-electron chi connectivity index (χ3n) is 0.247. The zero-order valence-corrected chi connectivity index (χ0v) is 6.14. The minimum atomic E-state index is -3.44. The van der Waals surface area contributed by atoms with Gasteiger partial charge in [0.2, 0.25) is 5.08 Å². The van der Waals surface area contributed by atoms with E-state index < -0.39 is 9.91 Å². The van der Waals surface area contributed by atoms with Gasteiger partial charge >= 0.3 is 4.83 Å². The molecule has 44 valence electrons. The normalized spacial score (nSPS) is 16.7. The van der Waals surface area contributed by atoms with E-state index in [9.17, 15) is 13.2 Å². The highest BCUT2D eigenvalue weighted by molar-refractivity contribution is 9.12. The lowest BCUT2D eigenvalue weighted by Gasteiger charge is -2.04. The number of hydrogen-bond acceptors (Lipinski definition) is 0. The Kier molecular flexibility index (Phi) is 2.60. The molecule has 0 nitrogen and oxygen atoms in total. The Balaban J connectivity index is 3.54. The summed E-state index contributed by atoms with van der Waals surface area (Å²) in [4.78, 5) is -3.44. The van der Waals surface area contributed by atoms with Gasteiger partial charge < -0.3 is 0 Å². The highest BCUT2D eigenvalue weighted by Crippen LogP contribution is 2.31. The maximum absolute atomic E-state index is 11.3. The van der Waals surface area contributed by atoms with Crippen molar-refractivity contribution < 1.29 is 13.2 Å². The van der Waals surface area contributed by atoms with Crippen LogP contribution in [0, 0.1) is 0 Å². The summed E-state index contributed by atoms with van der Waals surface area (Å²) in [5, 5.41) is -2.31. The zero-order chi connectivity index (χ0) is 6.08. The average Bonchev–Trinajstić information content (AvgIpc) is 1.31. The molecule has 1 unspecified atom stereocenters. The van der Waals surface area contributed by atoms with Crippen LogP contribution in [0.5, 0.6) is 0 Å². The Morgan fingerprint density at radius 2 is 1.57 bits per heavy atom. The molecule has 0 bridgehead atoms. The molecule has 0 heterocycles. The third kappa shape index (κ3) is 3.34. The molecule has 0 saturated carbocycles. The standard InChI is InChI=1S/C2HBr2F3/c3-1(5)2(4,6)7/h1H. The van der Waals surface area contributed by atoms with Crippen LogP contribution in [0.15, 0.2) is 0 Å². The van der Waals surface area contributed by atoms with Crippen molar-refractivity contribution in [1.82, 2.24) is 0 Å². The van der Waals surface area contributed by atoms with Crippen LogP contribution in [0.25, 0.3) is 0 Å². The number of halogens is 5. The van der Waals surface area contributed by atoms with Crippen LogP contribution in [-0.4, -0.2) is 9.91 Å². The highest BCUT2D eigenvalue weighted by atomic mass is 79.9. The number of hydrogen-bond donors (Lipinski definition) is 0. The summed E-state index contributed by atoms with van der Waals surface area (Å²) in [5.41, 5.74) is 0. The molecule has 0 aromatic heterocycles. The zero-order valence-electron chi connectivity index (χ0n) is 2.97. The van der Waals surface area contributed by atoms with E-state index >= 15 is 0 Å². The van der Waals surface area contributed by atoms with Gasteiger partial charge in [-0.15, -0.1) is 0 Å². The molecule has 0 aliphatic carbocycles. The van der Waals surface area contributed by atoms with E-state index in [-0.39, 0.29) is 0 Å². The topological polar surface area (TPSA) is 0 Å². The van der Waals surface area contributed by atoms with Crippen molar-refractivity contribution >= 4 is 31.9 Å². The van der Waals surface area contributed by atoms with Gasteiger partial charge in [-0.05, 0) is 31.9 Å². The average molecular weight is 242 g/mol. The summed E-state index contributed by atoms with van der Waals surface area (Å²) < 4.78 is 34.0. The van der Waals surface area contributed by atoms with Crippen LogP contribution >= 0.6 is 31.9 Å². The lowest BCUT2D eigenvalue weighted by Crippen LogP contribution is -2.14. The fourth-order valence-electron chi connectivity index (χ4n) is 0. The number of alkyl halides is 5. The van der Waals surface area contributed by atoms with Crippen molar-refractivity contribution in [3.8, 4) is 0 Å². The van der Waals surface area contributed by atoms with Crippen molar-refractivity contribution in [2.24, 2.45) is 0 Å². The van der Waals surface area contributed by atoms with E-state index in [0.717, 1.165) is 0 Å². The molecule has 5 heteroatoms. The SMILES string of the molecule is FC(Br)C(F)(F)Br. The van der Waals surface area contributed by atoms with Crippen LogP contribution in [0.1, 0.15) is 0 Å². The molecule has 0 fully saturated rings. The molecule has 0 saturated heterocycles. The molecule has 0 aromatic carbocycles. The summed E-state index contributed by atoms with van der Waals surface area (Å²) in [6.45, 7) is 0. The van der Waals surface area contributed by atoms with Gasteiger partial charge in [0, 0.05) is 0 Å². The second-order valence-corrected chi connectivity index (χ2v) is 2.70. The van der Waals surface area contributed by atoms with Gasteiger partial charge in [-0.3, -0.25) is 0 Å². The van der Waals surface area contributed by atoms with Crippen molar-refractivity contribution in [1.29, 1.82) is 0 Å². The fourth-order valence-corrected chi connectivity index (χ4v) is 0. The lowest BCUT2D eigenvalue weighted by molar-refractivity contribution is 0.0683. The first-order chi connectivity index (χ1) is 2.94. The van der Waals surface area contributed by atoms with E-state index in [2.05, 4.69) is 0 Å². The van der Waals surface area contributed by atoms with Gasteiger partial charge in [-0.25, -0.2) is 4.39 Å². The molecule has 0 N–H and O–H groups in total. The van der Waals surface area contributed by atoms with Gasteiger partial charge in [0.15, 0.2) is 0 Å². The minimum Gasteiger partial charge on any atom is -0.227 e. The highest BCUT2D eigenvalue weighted by Gasteiger charge is 2.34. The second-order valence-electron chi connectivity index (χ2n) is 0.842. The summed E-state index contributed by atoms with van der Waals surface area (Å²) >= 11 is 3.82. The van der Waals surface area contributed by atoms with Gasteiger partial charge in [-0.1, -0.05) is 0 Å².